The van der Waals surface area contributed by atoms with Crippen molar-refractivity contribution < 1.29 is 4.79 Å². The number of likely N-dealkylation sites (N-methyl/N-ethyl adjacent to an activating group) is 1. The number of carbonyl (C=O) groups excluding carboxylic acids is 1. The fourth-order valence-electron chi connectivity index (χ4n) is 1.49. The number of nitrogens with zero attached hydrogens (tertiary/aromatic N) is 1. The number of amides is 1. The summed E-state index contributed by atoms with van der Waals surface area (Å²) in [5.74, 6) is 0.0488. The molecule has 0 aliphatic rings. The topological polar surface area (TPSA) is 32.3 Å². The maximum atomic E-state index is 12.0. The molecule has 5 heteroatoms. The molecule has 1 amide bonds. The van der Waals surface area contributed by atoms with Crippen molar-refractivity contribution in [1.82, 2.24) is 10.2 Å². The van der Waals surface area contributed by atoms with Crippen LogP contribution < -0.4 is 5.32 Å². The molecule has 3 nitrogen and oxygen atoms in total. The summed E-state index contributed by atoms with van der Waals surface area (Å²) in [4.78, 5) is 15.2. The van der Waals surface area contributed by atoms with Crippen LogP contribution in [0.25, 0.3) is 0 Å². The van der Waals surface area contributed by atoms with Gasteiger partial charge in [-0.15, -0.1) is 11.3 Å². The zero-order valence-electron chi connectivity index (χ0n) is 11.6. The normalized spacial score (nSPS) is 13.7. The zero-order valence-corrected chi connectivity index (χ0v) is 13.2. The van der Waals surface area contributed by atoms with Crippen molar-refractivity contribution in [3.8, 4) is 0 Å². The van der Waals surface area contributed by atoms with E-state index in [-0.39, 0.29) is 17.5 Å². The van der Waals surface area contributed by atoms with Gasteiger partial charge in [0.15, 0.2) is 0 Å². The van der Waals surface area contributed by atoms with Crippen LogP contribution >= 0.6 is 22.9 Å². The van der Waals surface area contributed by atoms with E-state index < -0.39 is 0 Å². The van der Waals surface area contributed by atoms with Gasteiger partial charge >= 0.3 is 0 Å². The SMILES string of the molecule is CC(C(=O)NC(C)(C)C)N(C)Cc1ccc(Cl)s1. The maximum Gasteiger partial charge on any atom is 0.237 e. The highest BCUT2D eigenvalue weighted by molar-refractivity contribution is 7.16. The third-order valence-corrected chi connectivity index (χ3v) is 3.79. The lowest BCUT2D eigenvalue weighted by atomic mass is 10.1. The summed E-state index contributed by atoms with van der Waals surface area (Å²) in [7, 11) is 1.94. The van der Waals surface area contributed by atoms with Crippen LogP contribution in [0.5, 0.6) is 0 Å². The number of rotatable bonds is 4. The molecule has 0 aliphatic heterocycles. The van der Waals surface area contributed by atoms with Gasteiger partial charge in [0.2, 0.25) is 5.91 Å². The summed E-state index contributed by atoms with van der Waals surface area (Å²) in [5, 5.41) is 2.99. The van der Waals surface area contributed by atoms with E-state index in [0.29, 0.717) is 0 Å². The highest BCUT2D eigenvalue weighted by Gasteiger charge is 2.22. The van der Waals surface area contributed by atoms with Gasteiger partial charge in [0.25, 0.3) is 0 Å². The molecule has 18 heavy (non-hydrogen) atoms. The second-order valence-electron chi connectivity index (χ2n) is 5.54. The minimum Gasteiger partial charge on any atom is -0.350 e. The quantitative estimate of drug-likeness (QED) is 0.923. The molecular formula is C13H21ClN2OS. The Kier molecular flexibility index (Phi) is 5.20. The number of thiophene rings is 1. The van der Waals surface area contributed by atoms with Crippen molar-refractivity contribution >= 4 is 28.8 Å². The van der Waals surface area contributed by atoms with Crippen molar-refractivity contribution in [2.75, 3.05) is 7.05 Å². The Morgan fingerprint density at radius 3 is 2.56 bits per heavy atom. The predicted molar refractivity (Wildman–Crippen MR) is 78.2 cm³/mol. The fraction of sp³-hybridized carbons (Fsp3) is 0.615. The summed E-state index contributed by atoms with van der Waals surface area (Å²) in [6.07, 6.45) is 0. The van der Waals surface area contributed by atoms with Gasteiger partial charge in [-0.1, -0.05) is 11.6 Å². The molecule has 1 heterocycles. The minimum absolute atomic E-state index is 0.0488. The summed E-state index contributed by atoms with van der Waals surface area (Å²) >= 11 is 7.44. The van der Waals surface area contributed by atoms with E-state index >= 15 is 0 Å². The van der Waals surface area contributed by atoms with Gasteiger partial charge in [0.05, 0.1) is 10.4 Å². The Labute approximate surface area is 118 Å². The standard InChI is InChI=1S/C13H21ClN2OS/c1-9(12(17)15-13(2,3)4)16(5)8-10-6-7-11(14)18-10/h6-7,9H,8H2,1-5H3,(H,15,17). The lowest BCUT2D eigenvalue weighted by Crippen LogP contribution is -2.49. The van der Waals surface area contributed by atoms with Gasteiger partial charge in [0, 0.05) is 17.0 Å². The van der Waals surface area contributed by atoms with Crippen molar-refractivity contribution in [1.29, 1.82) is 0 Å². The lowest BCUT2D eigenvalue weighted by molar-refractivity contribution is -0.127. The van der Waals surface area contributed by atoms with Crippen LogP contribution in [0.4, 0.5) is 0 Å². The van der Waals surface area contributed by atoms with Crippen LogP contribution in [0, 0.1) is 0 Å². The van der Waals surface area contributed by atoms with Crippen LogP contribution in [0.1, 0.15) is 32.6 Å². The average Bonchev–Trinajstić information content (AvgIpc) is 2.60. The first-order valence-corrected chi connectivity index (χ1v) is 7.15. The van der Waals surface area contributed by atoms with Crippen molar-refractivity contribution in [3.05, 3.63) is 21.3 Å². The molecule has 0 saturated heterocycles. The molecule has 0 spiro atoms. The fourth-order valence-corrected chi connectivity index (χ4v) is 2.64. The molecule has 1 atom stereocenters. The highest BCUT2D eigenvalue weighted by Crippen LogP contribution is 2.22. The molecule has 1 unspecified atom stereocenters. The lowest BCUT2D eigenvalue weighted by Gasteiger charge is -2.28. The molecule has 0 aliphatic carbocycles. The first-order valence-electron chi connectivity index (χ1n) is 5.95. The Balaban J connectivity index is 2.55. The average molecular weight is 289 g/mol. The van der Waals surface area contributed by atoms with E-state index in [1.165, 1.54) is 0 Å². The van der Waals surface area contributed by atoms with Crippen LogP contribution in [0.15, 0.2) is 12.1 Å². The van der Waals surface area contributed by atoms with Gasteiger partial charge < -0.3 is 5.32 Å². The second kappa shape index (κ2) is 6.04. The van der Waals surface area contributed by atoms with E-state index in [1.54, 1.807) is 11.3 Å². The van der Waals surface area contributed by atoms with Crippen molar-refractivity contribution in [2.24, 2.45) is 0 Å². The predicted octanol–water partition coefficient (Wildman–Crippen LogP) is 3.14. The molecule has 1 rings (SSSR count). The summed E-state index contributed by atoms with van der Waals surface area (Å²) < 4.78 is 0.783. The Morgan fingerprint density at radius 1 is 1.50 bits per heavy atom. The third-order valence-electron chi connectivity index (χ3n) is 2.57. The first kappa shape index (κ1) is 15.5. The number of halogens is 1. The molecule has 0 fully saturated rings. The number of hydrogen-bond donors (Lipinski definition) is 1. The number of carbonyl (C=O) groups is 1. The summed E-state index contributed by atoms with van der Waals surface area (Å²) in [6.45, 7) is 8.59. The van der Waals surface area contributed by atoms with Gasteiger partial charge in [0.1, 0.15) is 0 Å². The van der Waals surface area contributed by atoms with E-state index in [2.05, 4.69) is 5.32 Å². The van der Waals surface area contributed by atoms with E-state index in [1.807, 2.05) is 51.8 Å². The van der Waals surface area contributed by atoms with Crippen LogP contribution in [-0.2, 0) is 11.3 Å². The van der Waals surface area contributed by atoms with Gasteiger partial charge in [-0.3, -0.25) is 9.69 Å². The monoisotopic (exact) mass is 288 g/mol. The Morgan fingerprint density at radius 2 is 2.11 bits per heavy atom. The van der Waals surface area contributed by atoms with Crippen molar-refractivity contribution in [2.45, 2.75) is 45.8 Å². The smallest absolute Gasteiger partial charge is 0.237 e. The second-order valence-corrected chi connectivity index (χ2v) is 7.34. The number of nitrogens with one attached hydrogen (secondary N) is 1. The molecule has 0 radical (unpaired) electrons. The zero-order chi connectivity index (χ0) is 13.9. The van der Waals surface area contributed by atoms with Crippen LogP contribution in [0.2, 0.25) is 4.34 Å². The van der Waals surface area contributed by atoms with Crippen LogP contribution in [-0.4, -0.2) is 29.4 Å². The molecule has 0 saturated carbocycles. The molecular weight excluding hydrogens is 268 g/mol. The minimum atomic E-state index is -0.196. The van der Waals surface area contributed by atoms with E-state index in [9.17, 15) is 4.79 Å². The largest absolute Gasteiger partial charge is 0.350 e. The molecule has 1 N–H and O–H groups in total. The molecule has 0 bridgehead atoms. The first-order chi connectivity index (χ1) is 8.19. The van der Waals surface area contributed by atoms with Gasteiger partial charge in [-0.05, 0) is 46.9 Å². The van der Waals surface area contributed by atoms with Gasteiger partial charge in [-0.2, -0.15) is 0 Å². The summed E-state index contributed by atoms with van der Waals surface area (Å²) in [5.41, 5.74) is -0.196. The third kappa shape index (κ3) is 4.96. The molecule has 0 aromatic carbocycles. The van der Waals surface area contributed by atoms with E-state index in [0.717, 1.165) is 15.8 Å². The Bertz CT molecular complexity index is 411. The maximum absolute atomic E-state index is 12.0. The molecule has 1 aromatic rings. The number of hydrogen-bond acceptors (Lipinski definition) is 3. The Hall–Kier alpha value is -0.580. The van der Waals surface area contributed by atoms with Crippen LogP contribution in [0.3, 0.4) is 0 Å². The van der Waals surface area contributed by atoms with Crippen molar-refractivity contribution in [3.63, 3.8) is 0 Å². The van der Waals surface area contributed by atoms with E-state index in [4.69, 9.17) is 11.6 Å². The highest BCUT2D eigenvalue weighted by atomic mass is 35.5. The molecule has 1 aromatic heterocycles. The van der Waals surface area contributed by atoms with Gasteiger partial charge in [-0.25, -0.2) is 0 Å². The molecule has 102 valence electrons. The summed E-state index contributed by atoms with van der Waals surface area (Å²) in [6, 6.07) is 3.72.